The zero-order valence-corrected chi connectivity index (χ0v) is 15.7. The molecule has 1 saturated heterocycles. The summed E-state index contributed by atoms with van der Waals surface area (Å²) < 4.78 is 17.1. The number of carbonyl (C=O) groups is 1. The Kier molecular flexibility index (Phi) is 4.77. The van der Waals surface area contributed by atoms with Gasteiger partial charge in [0.15, 0.2) is 0 Å². The van der Waals surface area contributed by atoms with Crippen molar-refractivity contribution in [2.75, 3.05) is 12.4 Å². The van der Waals surface area contributed by atoms with Crippen LogP contribution < -0.4 is 15.5 Å². The molecule has 1 amide bonds. The minimum Gasteiger partial charge on any atom is -0.481 e. The Morgan fingerprint density at radius 3 is 2.23 bits per heavy atom. The number of pyridine rings is 1. The monoisotopic (exact) mass is 354 g/mol. The fraction of sp³-hybridized carbons (Fsp3) is 0.368. The smallest absolute Gasteiger partial charge is 0.481 e. The quantitative estimate of drug-likeness (QED) is 0.855. The molecule has 0 bridgehead atoms. The first-order valence-corrected chi connectivity index (χ1v) is 8.50. The summed E-state index contributed by atoms with van der Waals surface area (Å²) in [5, 5.41) is 2.76. The normalized spacial score (nSPS) is 17.8. The van der Waals surface area contributed by atoms with Crippen molar-refractivity contribution < 1.29 is 18.8 Å². The van der Waals surface area contributed by atoms with E-state index in [0.717, 1.165) is 5.46 Å². The molecule has 2 heterocycles. The van der Waals surface area contributed by atoms with Crippen LogP contribution in [0.1, 0.15) is 38.1 Å². The van der Waals surface area contributed by atoms with E-state index in [1.54, 1.807) is 30.3 Å². The van der Waals surface area contributed by atoms with Gasteiger partial charge in [0.2, 0.25) is 5.88 Å². The average molecular weight is 354 g/mol. The first-order valence-electron chi connectivity index (χ1n) is 8.50. The number of carbonyl (C=O) groups excluding carboxylic acids is 1. The van der Waals surface area contributed by atoms with Crippen LogP contribution in [0.25, 0.3) is 0 Å². The molecule has 0 unspecified atom stereocenters. The summed E-state index contributed by atoms with van der Waals surface area (Å²) in [6, 6.07) is 12.4. The molecule has 7 heteroatoms. The molecule has 1 aromatic carbocycles. The van der Waals surface area contributed by atoms with Crippen LogP contribution in [-0.2, 0) is 9.31 Å². The Bertz CT molecular complexity index is 789. The van der Waals surface area contributed by atoms with Gasteiger partial charge in [-0.2, -0.15) is 4.98 Å². The number of benzene rings is 1. The molecule has 3 rings (SSSR count). The number of ether oxygens (including phenoxy) is 1. The number of aromatic nitrogens is 1. The lowest BCUT2D eigenvalue weighted by atomic mass is 9.79. The van der Waals surface area contributed by atoms with Gasteiger partial charge < -0.3 is 19.4 Å². The number of hydrogen-bond donors (Lipinski definition) is 1. The van der Waals surface area contributed by atoms with Crippen molar-refractivity contribution in [1.29, 1.82) is 0 Å². The highest BCUT2D eigenvalue weighted by molar-refractivity contribution is 6.62. The highest BCUT2D eigenvalue weighted by Crippen LogP contribution is 2.36. The molecule has 0 saturated carbocycles. The number of hydrogen-bond acceptors (Lipinski definition) is 5. The summed E-state index contributed by atoms with van der Waals surface area (Å²) in [5.74, 6) is 0.634. The summed E-state index contributed by atoms with van der Waals surface area (Å²) in [6.45, 7) is 8.04. The SMILES string of the molecule is COc1cccc(NC(=O)c2ccc(B3OC(C)(C)C(C)(C)O3)cc2)n1. The molecule has 0 aliphatic carbocycles. The molecule has 2 aromatic rings. The average Bonchev–Trinajstić information content (AvgIpc) is 2.83. The molecule has 1 aliphatic heterocycles. The zero-order chi connectivity index (χ0) is 18.9. The van der Waals surface area contributed by atoms with Gasteiger partial charge in [0, 0.05) is 11.6 Å². The predicted octanol–water partition coefficient (Wildman–Crippen LogP) is 2.64. The fourth-order valence-electron chi connectivity index (χ4n) is 2.56. The molecule has 26 heavy (non-hydrogen) atoms. The zero-order valence-electron chi connectivity index (χ0n) is 15.7. The lowest BCUT2D eigenvalue weighted by Crippen LogP contribution is -2.41. The molecule has 1 fully saturated rings. The lowest BCUT2D eigenvalue weighted by molar-refractivity contribution is 0.00578. The second kappa shape index (κ2) is 6.74. The minimum absolute atomic E-state index is 0.244. The Morgan fingerprint density at radius 1 is 1.04 bits per heavy atom. The maximum absolute atomic E-state index is 12.4. The molecule has 1 aliphatic rings. The van der Waals surface area contributed by atoms with Crippen LogP contribution in [0.3, 0.4) is 0 Å². The molecule has 0 radical (unpaired) electrons. The second-order valence-electron chi connectivity index (χ2n) is 7.23. The fourth-order valence-corrected chi connectivity index (χ4v) is 2.56. The third-order valence-corrected chi connectivity index (χ3v) is 4.87. The third-order valence-electron chi connectivity index (χ3n) is 4.87. The van der Waals surface area contributed by atoms with E-state index in [-0.39, 0.29) is 5.91 Å². The van der Waals surface area contributed by atoms with Crippen LogP contribution in [0.4, 0.5) is 5.82 Å². The maximum Gasteiger partial charge on any atom is 0.494 e. The van der Waals surface area contributed by atoms with E-state index in [1.807, 2.05) is 39.8 Å². The highest BCUT2D eigenvalue weighted by Gasteiger charge is 2.51. The second-order valence-corrected chi connectivity index (χ2v) is 7.23. The van der Waals surface area contributed by atoms with Crippen LogP contribution in [0.15, 0.2) is 42.5 Å². The maximum atomic E-state index is 12.4. The van der Waals surface area contributed by atoms with E-state index in [0.29, 0.717) is 17.3 Å². The molecule has 1 aromatic heterocycles. The summed E-state index contributed by atoms with van der Waals surface area (Å²) in [6.07, 6.45) is 0. The largest absolute Gasteiger partial charge is 0.494 e. The van der Waals surface area contributed by atoms with Crippen molar-refractivity contribution in [2.24, 2.45) is 0 Å². The van der Waals surface area contributed by atoms with Crippen LogP contribution >= 0.6 is 0 Å². The number of methoxy groups -OCH3 is 1. The Morgan fingerprint density at radius 2 is 1.65 bits per heavy atom. The van der Waals surface area contributed by atoms with Crippen molar-refractivity contribution >= 4 is 24.3 Å². The van der Waals surface area contributed by atoms with Gasteiger partial charge >= 0.3 is 7.12 Å². The van der Waals surface area contributed by atoms with Crippen molar-refractivity contribution in [3.63, 3.8) is 0 Å². The van der Waals surface area contributed by atoms with E-state index in [9.17, 15) is 4.79 Å². The van der Waals surface area contributed by atoms with Crippen molar-refractivity contribution in [2.45, 2.75) is 38.9 Å². The van der Waals surface area contributed by atoms with E-state index >= 15 is 0 Å². The van der Waals surface area contributed by atoms with Gasteiger partial charge in [0.25, 0.3) is 5.91 Å². The van der Waals surface area contributed by atoms with Crippen LogP contribution in [-0.4, -0.2) is 36.3 Å². The molecule has 6 nitrogen and oxygen atoms in total. The predicted molar refractivity (Wildman–Crippen MR) is 101 cm³/mol. The summed E-state index contributed by atoms with van der Waals surface area (Å²) >= 11 is 0. The molecule has 136 valence electrons. The Labute approximate surface area is 154 Å². The van der Waals surface area contributed by atoms with E-state index < -0.39 is 18.3 Å². The van der Waals surface area contributed by atoms with Crippen LogP contribution in [0, 0.1) is 0 Å². The Balaban J connectivity index is 1.70. The number of nitrogens with one attached hydrogen (secondary N) is 1. The number of rotatable bonds is 4. The van der Waals surface area contributed by atoms with Crippen LogP contribution in [0.2, 0.25) is 0 Å². The minimum atomic E-state index is -0.447. The number of amides is 1. The van der Waals surface area contributed by atoms with E-state index in [4.69, 9.17) is 14.0 Å². The molecule has 0 atom stereocenters. The molecular formula is C19H23BN2O4. The number of nitrogens with zero attached hydrogens (tertiary/aromatic N) is 1. The molecular weight excluding hydrogens is 331 g/mol. The topological polar surface area (TPSA) is 69.7 Å². The summed E-state index contributed by atoms with van der Waals surface area (Å²) in [4.78, 5) is 16.6. The highest BCUT2D eigenvalue weighted by atomic mass is 16.7. The van der Waals surface area contributed by atoms with Gasteiger partial charge in [-0.1, -0.05) is 18.2 Å². The van der Waals surface area contributed by atoms with Gasteiger partial charge in [-0.25, -0.2) is 0 Å². The van der Waals surface area contributed by atoms with Gasteiger partial charge in [-0.3, -0.25) is 4.79 Å². The lowest BCUT2D eigenvalue weighted by Gasteiger charge is -2.32. The first-order chi connectivity index (χ1) is 12.2. The van der Waals surface area contributed by atoms with Crippen molar-refractivity contribution in [3.8, 4) is 5.88 Å². The van der Waals surface area contributed by atoms with Crippen molar-refractivity contribution in [1.82, 2.24) is 4.98 Å². The van der Waals surface area contributed by atoms with Crippen LogP contribution in [0.5, 0.6) is 5.88 Å². The van der Waals surface area contributed by atoms with E-state index in [2.05, 4.69) is 10.3 Å². The Hall–Kier alpha value is -2.38. The molecule has 0 spiro atoms. The third kappa shape index (κ3) is 3.59. The van der Waals surface area contributed by atoms with Gasteiger partial charge in [-0.15, -0.1) is 0 Å². The van der Waals surface area contributed by atoms with Gasteiger partial charge in [0.1, 0.15) is 5.82 Å². The standard InChI is InChI=1S/C19H23BN2O4/c1-18(2)19(3,4)26-20(25-18)14-11-9-13(10-12-14)17(23)22-15-7-6-8-16(21-15)24-5/h6-12H,1-5H3,(H,21,22,23). The van der Waals surface area contributed by atoms with Gasteiger partial charge in [0.05, 0.1) is 18.3 Å². The number of anilines is 1. The first kappa shape index (κ1) is 18.4. The van der Waals surface area contributed by atoms with Crippen molar-refractivity contribution in [3.05, 3.63) is 48.0 Å². The summed E-state index contributed by atoms with van der Waals surface area (Å²) in [5.41, 5.74) is 0.604. The van der Waals surface area contributed by atoms with Gasteiger partial charge in [-0.05, 0) is 51.4 Å². The molecule has 1 N–H and O–H groups in total. The van der Waals surface area contributed by atoms with E-state index in [1.165, 1.54) is 7.11 Å². The summed E-state index contributed by atoms with van der Waals surface area (Å²) in [7, 11) is 1.08.